The molecule has 0 N–H and O–H groups in total. The number of rotatable bonds is 0. The largest absolute Gasteiger partial charge is 0 e. The van der Waals surface area contributed by atoms with Crippen molar-refractivity contribution in [2.75, 3.05) is 0 Å². The van der Waals surface area contributed by atoms with E-state index in [9.17, 15) is 0 Å². The maximum absolute atomic E-state index is 0. The maximum atomic E-state index is 0. The van der Waals surface area contributed by atoms with Gasteiger partial charge in [0.2, 0.25) is 0 Å². The number of hydrogen-bond acceptors (Lipinski definition) is 0. The van der Waals surface area contributed by atoms with Gasteiger partial charge in [-0.05, 0) is 0 Å². The van der Waals surface area contributed by atoms with E-state index < -0.39 is 0 Å². The topological polar surface area (TPSA) is 0 Å². The van der Waals surface area contributed by atoms with Crippen molar-refractivity contribution in [3.05, 3.63) is 0 Å². The predicted molar refractivity (Wildman–Crippen MR) is 5.75 cm³/mol. The van der Waals surface area contributed by atoms with Crippen LogP contribution in [0.15, 0.2) is 0 Å². The van der Waals surface area contributed by atoms with Crippen LogP contribution in [-0.2, 0) is 62.3 Å². The molecular weight excluding hydrogens is 463 g/mol. The molecule has 0 heterocycles. The molecule has 0 saturated heterocycles. The van der Waals surface area contributed by atoms with Gasteiger partial charge in [-0.25, -0.2) is 0 Å². The molecule has 0 saturated carbocycles. The van der Waals surface area contributed by atoms with Gasteiger partial charge in [0.25, 0.3) is 0 Å². The summed E-state index contributed by atoms with van der Waals surface area (Å²) in [5, 5.41) is 0. The van der Waals surface area contributed by atoms with E-state index in [2.05, 4.69) is 0 Å². The summed E-state index contributed by atoms with van der Waals surface area (Å²) >= 11 is 0. The van der Waals surface area contributed by atoms with E-state index in [1.807, 2.05) is 0 Å². The molecule has 0 bridgehead atoms. The Morgan fingerprint density at radius 1 is 1.00 bits per heavy atom. The van der Waals surface area contributed by atoms with Crippen LogP contribution in [0.3, 0.4) is 0 Å². The first-order valence-corrected chi connectivity index (χ1v) is 0. The van der Waals surface area contributed by atoms with E-state index >= 15 is 0 Å². The zero-order valence-electron chi connectivity index (χ0n) is 1.67. The second-order valence-electron chi connectivity index (χ2n) is 0. The minimum Gasteiger partial charge on any atom is 0 e. The van der Waals surface area contributed by atoms with Crippen LogP contribution < -0.4 is 0 Å². The molecule has 0 aromatic carbocycles. The van der Waals surface area contributed by atoms with Crippen LogP contribution in [-0.4, -0.2) is 23.9 Å². The van der Waals surface area contributed by atoms with Crippen LogP contribution in [0, 0.1) is 0 Å². The fraction of sp³-hybridized carbons (Fsp3) is 0. The average Bonchev–Trinajstić information content (AvgIpc) is 0. The molecular formula is PtRuSnTi. The summed E-state index contributed by atoms with van der Waals surface area (Å²) in [7, 11) is 0. The molecule has 0 unspecified atom stereocenters. The van der Waals surface area contributed by atoms with Gasteiger partial charge in [-0.15, -0.1) is 0 Å². The van der Waals surface area contributed by atoms with E-state index in [1.54, 1.807) is 0 Å². The average molecular weight is 463 g/mol. The SMILES string of the molecule is [Pt].[Ru].[Sn].[Ti]. The smallest absolute Gasteiger partial charge is 0 e. The van der Waals surface area contributed by atoms with E-state index in [0.29, 0.717) is 0 Å². The van der Waals surface area contributed by atoms with Gasteiger partial charge < -0.3 is 0 Å². The number of hydrogen-bond donors (Lipinski definition) is 0. The Kier molecular flexibility index (Phi) is 123. The van der Waals surface area contributed by atoms with E-state index in [0.717, 1.165) is 0 Å². The van der Waals surface area contributed by atoms with E-state index in [-0.39, 0.29) is 86.2 Å². The molecule has 0 spiro atoms. The summed E-state index contributed by atoms with van der Waals surface area (Å²) in [5.74, 6) is 0. The van der Waals surface area contributed by atoms with Crippen LogP contribution in [0.5, 0.6) is 0 Å². The second-order valence-corrected chi connectivity index (χ2v) is 0. The predicted octanol–water partition coefficient (Wildman–Crippen LogP) is -0.388. The Hall–Kier alpha value is 2.82. The molecule has 0 rings (SSSR count). The Balaban J connectivity index is 0. The van der Waals surface area contributed by atoms with Crippen LogP contribution in [0.1, 0.15) is 0 Å². The summed E-state index contributed by atoms with van der Waals surface area (Å²) in [5.41, 5.74) is 0. The maximum Gasteiger partial charge on any atom is 0 e. The van der Waals surface area contributed by atoms with Gasteiger partial charge in [0, 0.05) is 86.2 Å². The Bertz CT molecular complexity index is 8.00. The third-order valence-corrected chi connectivity index (χ3v) is 0. The van der Waals surface area contributed by atoms with Gasteiger partial charge in [0.15, 0.2) is 0 Å². The van der Waals surface area contributed by atoms with Crippen molar-refractivity contribution in [2.24, 2.45) is 0 Å². The third-order valence-electron chi connectivity index (χ3n) is 0. The molecule has 4 heteroatoms. The molecule has 0 nitrogen and oxygen atoms in total. The Morgan fingerprint density at radius 3 is 1.00 bits per heavy atom. The molecule has 0 aliphatic carbocycles. The van der Waals surface area contributed by atoms with Gasteiger partial charge in [-0.1, -0.05) is 0 Å². The van der Waals surface area contributed by atoms with Crippen molar-refractivity contribution in [1.29, 1.82) is 0 Å². The quantitative estimate of drug-likeness (QED) is 0.431. The first-order valence-electron chi connectivity index (χ1n) is 0. The van der Waals surface area contributed by atoms with Crippen LogP contribution in [0.25, 0.3) is 0 Å². The Morgan fingerprint density at radius 2 is 1.00 bits per heavy atom. The van der Waals surface area contributed by atoms with Crippen molar-refractivity contribution >= 4 is 23.9 Å². The fourth-order valence-corrected chi connectivity index (χ4v) is 0. The normalized spacial score (nSPS) is 0. The standard InChI is InChI=1S/Pt.Ru.Sn.Ti. The van der Waals surface area contributed by atoms with Crippen LogP contribution >= 0.6 is 0 Å². The molecule has 0 aliphatic heterocycles. The van der Waals surface area contributed by atoms with E-state index in [1.165, 1.54) is 0 Å². The van der Waals surface area contributed by atoms with Gasteiger partial charge in [-0.3, -0.25) is 0 Å². The monoisotopic (exact) mass is 465 g/mol. The third kappa shape index (κ3) is 8.85. The summed E-state index contributed by atoms with van der Waals surface area (Å²) < 4.78 is 0. The van der Waals surface area contributed by atoms with Crippen molar-refractivity contribution in [3.63, 3.8) is 0 Å². The fourth-order valence-electron chi connectivity index (χ4n) is 0. The molecule has 4 radical (unpaired) electrons. The summed E-state index contributed by atoms with van der Waals surface area (Å²) in [6.07, 6.45) is 0. The first-order chi connectivity index (χ1) is 0. The molecule has 0 aliphatic rings. The van der Waals surface area contributed by atoms with Gasteiger partial charge in [-0.2, -0.15) is 0 Å². The molecule has 0 atom stereocenters. The summed E-state index contributed by atoms with van der Waals surface area (Å²) in [6, 6.07) is 0. The van der Waals surface area contributed by atoms with Gasteiger partial charge >= 0.3 is 0 Å². The summed E-state index contributed by atoms with van der Waals surface area (Å²) in [4.78, 5) is 0. The minimum absolute atomic E-state index is 0. The molecule has 4 heavy (non-hydrogen) atoms. The Labute approximate surface area is 84.7 Å². The molecule has 0 fully saturated rings. The van der Waals surface area contributed by atoms with E-state index in [4.69, 9.17) is 0 Å². The van der Waals surface area contributed by atoms with Crippen LogP contribution in [0.2, 0.25) is 0 Å². The van der Waals surface area contributed by atoms with Crippen molar-refractivity contribution in [2.45, 2.75) is 0 Å². The zero-order chi connectivity index (χ0) is 0. The molecule has 0 amide bonds. The van der Waals surface area contributed by atoms with Gasteiger partial charge in [0.1, 0.15) is 0 Å². The molecule has 0 aromatic rings. The van der Waals surface area contributed by atoms with Crippen LogP contribution in [0.4, 0.5) is 0 Å². The summed E-state index contributed by atoms with van der Waals surface area (Å²) in [6.45, 7) is 0. The van der Waals surface area contributed by atoms with Crippen molar-refractivity contribution < 1.29 is 62.3 Å². The zero-order valence-corrected chi connectivity index (χ0v) is 10.1. The first kappa shape index (κ1) is 29.0. The molecule has 0 aromatic heterocycles. The van der Waals surface area contributed by atoms with Crippen molar-refractivity contribution in [3.8, 4) is 0 Å². The second kappa shape index (κ2) is 17.0. The van der Waals surface area contributed by atoms with Crippen molar-refractivity contribution in [1.82, 2.24) is 0 Å². The molecule has 26 valence electrons. The minimum atomic E-state index is 0. The van der Waals surface area contributed by atoms with Gasteiger partial charge in [0.05, 0.1) is 0 Å².